The highest BCUT2D eigenvalue weighted by Crippen LogP contribution is 2.37. The lowest BCUT2D eigenvalue weighted by atomic mass is 9.97. The Kier molecular flexibility index (Phi) is 7.35. The number of piperidine rings is 1. The Morgan fingerprint density at radius 1 is 1.16 bits per heavy atom. The van der Waals surface area contributed by atoms with Crippen LogP contribution in [0.15, 0.2) is 46.9 Å². The first kappa shape index (κ1) is 24.0. The summed E-state index contributed by atoms with van der Waals surface area (Å²) < 4.78 is 67.1. The van der Waals surface area contributed by atoms with Crippen molar-refractivity contribution >= 4 is 49.1 Å². The number of halogens is 5. The second-order valence-corrected chi connectivity index (χ2v) is 10.6. The van der Waals surface area contributed by atoms with E-state index in [9.17, 15) is 26.4 Å². The molecule has 2 aromatic rings. The Morgan fingerprint density at radius 3 is 2.45 bits per heavy atom. The van der Waals surface area contributed by atoms with Gasteiger partial charge < -0.3 is 5.32 Å². The first-order chi connectivity index (χ1) is 14.5. The number of rotatable bonds is 5. The molecule has 0 saturated carbocycles. The van der Waals surface area contributed by atoms with Crippen LogP contribution in [0.1, 0.15) is 24.0 Å². The summed E-state index contributed by atoms with van der Waals surface area (Å²) >= 11 is 8.96. The van der Waals surface area contributed by atoms with Crippen LogP contribution in [0.3, 0.4) is 0 Å². The molecule has 31 heavy (non-hydrogen) atoms. The van der Waals surface area contributed by atoms with Crippen LogP contribution in [-0.2, 0) is 26.7 Å². The number of hydrogen-bond donors (Lipinski definition) is 1. The van der Waals surface area contributed by atoms with Gasteiger partial charge in [0.1, 0.15) is 0 Å². The summed E-state index contributed by atoms with van der Waals surface area (Å²) in [6, 6.07) is 10.1. The van der Waals surface area contributed by atoms with Crippen molar-refractivity contribution in [2.24, 2.45) is 5.92 Å². The predicted octanol–water partition coefficient (Wildman–Crippen LogP) is 5.30. The lowest BCUT2D eigenvalue weighted by Gasteiger charge is -2.30. The summed E-state index contributed by atoms with van der Waals surface area (Å²) in [5.41, 5.74) is -0.759. The van der Waals surface area contributed by atoms with Gasteiger partial charge in [-0.15, -0.1) is 0 Å². The van der Waals surface area contributed by atoms with E-state index >= 15 is 0 Å². The zero-order chi connectivity index (χ0) is 22.8. The predicted molar refractivity (Wildman–Crippen MR) is 116 cm³/mol. The van der Waals surface area contributed by atoms with Gasteiger partial charge >= 0.3 is 6.18 Å². The van der Waals surface area contributed by atoms with Gasteiger partial charge in [-0.1, -0.05) is 39.7 Å². The highest BCUT2D eigenvalue weighted by Gasteiger charge is 2.36. The Balaban J connectivity index is 1.63. The fourth-order valence-electron chi connectivity index (χ4n) is 3.42. The molecule has 1 aliphatic heterocycles. The molecule has 11 heteroatoms. The van der Waals surface area contributed by atoms with E-state index in [0.29, 0.717) is 5.56 Å². The Bertz CT molecular complexity index is 1070. The minimum absolute atomic E-state index is 0.0886. The van der Waals surface area contributed by atoms with Gasteiger partial charge in [-0.2, -0.15) is 13.2 Å². The van der Waals surface area contributed by atoms with Gasteiger partial charge in [-0.3, -0.25) is 4.79 Å². The fraction of sp³-hybridized carbons (Fsp3) is 0.350. The molecule has 1 aliphatic rings. The van der Waals surface area contributed by atoms with E-state index in [4.69, 9.17) is 11.6 Å². The third kappa shape index (κ3) is 6.21. The lowest BCUT2D eigenvalue weighted by Crippen LogP contribution is -2.42. The van der Waals surface area contributed by atoms with Crippen LogP contribution in [0.2, 0.25) is 5.02 Å². The fourth-order valence-corrected chi connectivity index (χ4v) is 5.59. The molecule has 0 aliphatic carbocycles. The lowest BCUT2D eigenvalue weighted by molar-refractivity contribution is -0.137. The van der Waals surface area contributed by atoms with Crippen LogP contribution in [0.5, 0.6) is 0 Å². The number of hydrogen-bond acceptors (Lipinski definition) is 3. The number of nitrogens with one attached hydrogen (secondary N) is 1. The minimum atomic E-state index is -4.67. The van der Waals surface area contributed by atoms with Gasteiger partial charge in [-0.05, 0) is 48.7 Å². The summed E-state index contributed by atoms with van der Waals surface area (Å²) in [6.45, 7) is 0.252. The maximum Gasteiger partial charge on any atom is 0.418 e. The molecule has 3 rings (SSSR count). The molecule has 1 heterocycles. The topological polar surface area (TPSA) is 66.5 Å². The molecule has 168 valence electrons. The van der Waals surface area contributed by atoms with Crippen LogP contribution < -0.4 is 5.32 Å². The van der Waals surface area contributed by atoms with Crippen molar-refractivity contribution in [2.45, 2.75) is 24.8 Å². The average molecular weight is 540 g/mol. The molecule has 1 saturated heterocycles. The van der Waals surface area contributed by atoms with Gasteiger partial charge in [0.15, 0.2) is 0 Å². The quantitative estimate of drug-likeness (QED) is 0.561. The summed E-state index contributed by atoms with van der Waals surface area (Å²) in [4.78, 5) is 12.5. The normalized spacial score (nSPS) is 16.3. The number of carbonyl (C=O) groups excluding carboxylic acids is 1. The van der Waals surface area contributed by atoms with Crippen molar-refractivity contribution in [3.8, 4) is 0 Å². The molecule has 1 amide bonds. The van der Waals surface area contributed by atoms with Crippen molar-refractivity contribution < 1.29 is 26.4 Å². The number of nitrogens with zero attached hydrogens (tertiary/aromatic N) is 1. The van der Waals surface area contributed by atoms with Gasteiger partial charge in [0, 0.05) is 28.5 Å². The molecule has 0 atom stereocenters. The number of sulfonamides is 1. The smallest absolute Gasteiger partial charge is 0.325 e. The number of amides is 1. The zero-order valence-electron chi connectivity index (χ0n) is 16.1. The van der Waals surface area contributed by atoms with Crippen LogP contribution >= 0.6 is 27.5 Å². The number of benzene rings is 2. The molecule has 1 fully saturated rings. The number of carbonyl (C=O) groups is 1. The third-order valence-corrected chi connectivity index (χ3v) is 7.58. The molecule has 2 aromatic carbocycles. The van der Waals surface area contributed by atoms with Crippen molar-refractivity contribution in [2.75, 3.05) is 18.4 Å². The summed E-state index contributed by atoms with van der Waals surface area (Å²) in [6.07, 6.45) is -4.23. The first-order valence-corrected chi connectivity index (χ1v) is 12.1. The van der Waals surface area contributed by atoms with E-state index in [0.717, 1.165) is 16.6 Å². The monoisotopic (exact) mass is 538 g/mol. The molecule has 0 spiro atoms. The zero-order valence-corrected chi connectivity index (χ0v) is 19.3. The first-order valence-electron chi connectivity index (χ1n) is 9.35. The largest absolute Gasteiger partial charge is 0.418 e. The van der Waals surface area contributed by atoms with E-state index < -0.39 is 33.6 Å². The Labute approximate surface area is 191 Å². The SMILES string of the molecule is O=C(Nc1ccc(Cl)cc1C(F)(F)F)C1CCN(S(=O)(=O)Cc2cccc(Br)c2)CC1. The van der Waals surface area contributed by atoms with Gasteiger partial charge in [0.25, 0.3) is 0 Å². The Morgan fingerprint density at radius 2 is 1.84 bits per heavy atom. The van der Waals surface area contributed by atoms with Gasteiger partial charge in [0.05, 0.1) is 17.0 Å². The van der Waals surface area contributed by atoms with E-state index in [1.165, 1.54) is 10.4 Å². The third-order valence-electron chi connectivity index (χ3n) is 5.00. The van der Waals surface area contributed by atoms with Crippen LogP contribution in [0, 0.1) is 5.92 Å². The molecule has 1 N–H and O–H groups in total. The summed E-state index contributed by atoms with van der Waals surface area (Å²) in [5, 5.41) is 2.23. The van der Waals surface area contributed by atoms with E-state index in [2.05, 4.69) is 21.2 Å². The molecule has 0 aromatic heterocycles. The van der Waals surface area contributed by atoms with Crippen molar-refractivity contribution in [1.29, 1.82) is 0 Å². The maximum absolute atomic E-state index is 13.2. The highest BCUT2D eigenvalue weighted by molar-refractivity contribution is 9.10. The van der Waals surface area contributed by atoms with Crippen molar-refractivity contribution in [3.05, 3.63) is 63.1 Å². The molecule has 0 unspecified atom stereocenters. The van der Waals surface area contributed by atoms with Crippen LogP contribution in [0.25, 0.3) is 0 Å². The van der Waals surface area contributed by atoms with Crippen LogP contribution in [-0.4, -0.2) is 31.7 Å². The Hall–Kier alpha value is -1.62. The van der Waals surface area contributed by atoms with Crippen LogP contribution in [0.4, 0.5) is 18.9 Å². The number of alkyl halides is 3. The molecular formula is C20H19BrClF3N2O3S. The highest BCUT2D eigenvalue weighted by atomic mass is 79.9. The molecular weight excluding hydrogens is 521 g/mol. The van der Waals surface area contributed by atoms with E-state index in [-0.39, 0.29) is 42.4 Å². The number of anilines is 1. The van der Waals surface area contributed by atoms with E-state index in [1.807, 2.05) is 0 Å². The average Bonchev–Trinajstić information content (AvgIpc) is 2.68. The molecule has 0 bridgehead atoms. The molecule has 0 radical (unpaired) electrons. The van der Waals surface area contributed by atoms with Crippen molar-refractivity contribution in [1.82, 2.24) is 4.31 Å². The van der Waals surface area contributed by atoms with E-state index in [1.54, 1.807) is 24.3 Å². The maximum atomic E-state index is 13.2. The second-order valence-electron chi connectivity index (χ2n) is 7.24. The van der Waals surface area contributed by atoms with Gasteiger partial charge in [-0.25, -0.2) is 12.7 Å². The second kappa shape index (κ2) is 9.48. The van der Waals surface area contributed by atoms with Gasteiger partial charge in [0.2, 0.25) is 15.9 Å². The summed E-state index contributed by atoms with van der Waals surface area (Å²) in [5.74, 6) is -1.32. The summed E-state index contributed by atoms with van der Waals surface area (Å²) in [7, 11) is -3.57. The molecule has 5 nitrogen and oxygen atoms in total. The standard InChI is InChI=1S/C20H19BrClF3N2O3S/c21-15-3-1-2-13(10-15)12-31(29,30)27-8-6-14(7-9-27)19(28)26-18-5-4-16(22)11-17(18)20(23,24)25/h1-5,10-11,14H,6-9,12H2,(H,26,28). The minimum Gasteiger partial charge on any atom is -0.325 e. The van der Waals surface area contributed by atoms with Crippen molar-refractivity contribution in [3.63, 3.8) is 0 Å².